The number of aromatic nitrogens is 2. The maximum absolute atomic E-state index is 4.72. The minimum absolute atomic E-state index is 0.0858. The van der Waals surface area contributed by atoms with E-state index in [9.17, 15) is 0 Å². The first kappa shape index (κ1) is 16.2. The SMILES string of the molecule is Cc1cc2c(cc1-c1c3ccccc3cc[n+]1C)C(C)(C)c1ncccc1-2. The average molecular weight is 351 g/mol. The molecule has 2 aromatic carbocycles. The molecule has 0 N–H and O–H groups in total. The van der Waals surface area contributed by atoms with Gasteiger partial charge in [0.2, 0.25) is 5.69 Å². The van der Waals surface area contributed by atoms with Crippen LogP contribution in [-0.2, 0) is 12.5 Å². The summed E-state index contributed by atoms with van der Waals surface area (Å²) in [5.74, 6) is 0. The molecule has 0 radical (unpaired) electrons. The van der Waals surface area contributed by atoms with Crippen LogP contribution in [0.5, 0.6) is 0 Å². The molecule has 0 bridgehead atoms. The van der Waals surface area contributed by atoms with Crippen LogP contribution in [0.4, 0.5) is 0 Å². The summed E-state index contributed by atoms with van der Waals surface area (Å²) in [5, 5.41) is 2.56. The smallest absolute Gasteiger partial charge is 0.220 e. The summed E-state index contributed by atoms with van der Waals surface area (Å²) in [5.41, 5.74) is 8.93. The molecule has 4 aromatic rings. The summed E-state index contributed by atoms with van der Waals surface area (Å²) in [4.78, 5) is 4.72. The zero-order valence-corrected chi connectivity index (χ0v) is 16.2. The predicted octanol–water partition coefficient (Wildman–Crippen LogP) is 5.34. The minimum Gasteiger partial charge on any atom is -0.260 e. The fraction of sp³-hybridized carbons (Fsp3) is 0.200. The molecule has 1 aliphatic rings. The monoisotopic (exact) mass is 351 g/mol. The lowest BCUT2D eigenvalue weighted by Gasteiger charge is -2.21. The standard InChI is InChI=1S/C25H23N2/c1-16-14-21-19-10-7-12-26-24(19)25(2,3)22(21)15-20(16)23-18-9-6-5-8-17(18)11-13-27(23)4/h5-15H,1-4H3/q+1. The Bertz CT molecular complexity index is 1220. The van der Waals surface area contributed by atoms with Crippen LogP contribution >= 0.6 is 0 Å². The highest BCUT2D eigenvalue weighted by Crippen LogP contribution is 2.49. The van der Waals surface area contributed by atoms with Crippen molar-refractivity contribution in [3.8, 4) is 22.4 Å². The minimum atomic E-state index is -0.0858. The van der Waals surface area contributed by atoms with E-state index in [0.717, 1.165) is 0 Å². The van der Waals surface area contributed by atoms with Crippen LogP contribution in [0.3, 0.4) is 0 Å². The normalized spacial score (nSPS) is 14.2. The summed E-state index contributed by atoms with van der Waals surface area (Å²) >= 11 is 0. The number of nitrogens with zero attached hydrogens (tertiary/aromatic N) is 2. The topological polar surface area (TPSA) is 16.8 Å². The van der Waals surface area contributed by atoms with E-state index in [1.54, 1.807) is 0 Å². The van der Waals surface area contributed by atoms with Gasteiger partial charge in [0.25, 0.3) is 0 Å². The number of rotatable bonds is 1. The van der Waals surface area contributed by atoms with Gasteiger partial charge >= 0.3 is 0 Å². The second kappa shape index (κ2) is 5.50. The Labute approximate surface area is 160 Å². The van der Waals surface area contributed by atoms with E-state index in [1.165, 1.54) is 50.0 Å². The molecule has 2 aromatic heterocycles. The molecule has 5 rings (SSSR count). The predicted molar refractivity (Wildman–Crippen MR) is 111 cm³/mol. The van der Waals surface area contributed by atoms with Crippen molar-refractivity contribution in [3.63, 3.8) is 0 Å². The summed E-state index contributed by atoms with van der Waals surface area (Å²) in [6.45, 7) is 6.79. The first-order valence-electron chi connectivity index (χ1n) is 9.47. The van der Waals surface area contributed by atoms with Gasteiger partial charge in [-0.1, -0.05) is 44.2 Å². The van der Waals surface area contributed by atoms with Gasteiger partial charge in [-0.3, -0.25) is 4.98 Å². The van der Waals surface area contributed by atoms with Crippen molar-refractivity contribution < 1.29 is 4.57 Å². The van der Waals surface area contributed by atoms with Gasteiger partial charge in [-0.2, -0.15) is 0 Å². The van der Waals surface area contributed by atoms with E-state index in [-0.39, 0.29) is 5.41 Å². The quantitative estimate of drug-likeness (QED) is 0.423. The Hall–Kier alpha value is -3.00. The molecule has 0 amide bonds. The molecule has 2 heterocycles. The van der Waals surface area contributed by atoms with Crippen LogP contribution in [0.2, 0.25) is 0 Å². The van der Waals surface area contributed by atoms with Gasteiger partial charge in [0.05, 0.1) is 16.6 Å². The molecule has 1 aliphatic carbocycles. The number of benzene rings is 2. The van der Waals surface area contributed by atoms with E-state index < -0.39 is 0 Å². The highest BCUT2D eigenvalue weighted by atomic mass is 14.9. The van der Waals surface area contributed by atoms with Crippen LogP contribution in [0, 0.1) is 6.92 Å². The van der Waals surface area contributed by atoms with E-state index in [1.807, 2.05) is 12.3 Å². The van der Waals surface area contributed by atoms with Gasteiger partial charge in [-0.15, -0.1) is 0 Å². The summed E-state index contributed by atoms with van der Waals surface area (Å²) in [7, 11) is 2.13. The molecule has 2 nitrogen and oxygen atoms in total. The Morgan fingerprint density at radius 3 is 2.56 bits per heavy atom. The summed E-state index contributed by atoms with van der Waals surface area (Å²) in [6, 6.07) is 19.8. The van der Waals surface area contributed by atoms with E-state index in [2.05, 4.69) is 87.1 Å². The fourth-order valence-corrected chi connectivity index (χ4v) is 4.60. The molecule has 0 aliphatic heterocycles. The maximum Gasteiger partial charge on any atom is 0.220 e. The first-order valence-corrected chi connectivity index (χ1v) is 9.47. The van der Waals surface area contributed by atoms with Crippen LogP contribution in [0.25, 0.3) is 33.2 Å². The van der Waals surface area contributed by atoms with Gasteiger partial charge in [-0.25, -0.2) is 4.57 Å². The van der Waals surface area contributed by atoms with Crippen molar-refractivity contribution in [1.29, 1.82) is 0 Å². The lowest BCUT2D eigenvalue weighted by atomic mass is 9.83. The van der Waals surface area contributed by atoms with Crippen molar-refractivity contribution in [2.24, 2.45) is 7.05 Å². The van der Waals surface area contributed by atoms with Gasteiger partial charge in [-0.05, 0) is 47.2 Å². The number of aryl methyl sites for hydroxylation is 2. The number of pyridine rings is 2. The van der Waals surface area contributed by atoms with Crippen molar-refractivity contribution in [2.75, 3.05) is 0 Å². The second-order valence-electron chi connectivity index (χ2n) is 8.10. The summed E-state index contributed by atoms with van der Waals surface area (Å²) < 4.78 is 2.24. The Morgan fingerprint density at radius 2 is 1.70 bits per heavy atom. The molecular formula is C25H23N2+. The van der Waals surface area contributed by atoms with Gasteiger partial charge in [0.1, 0.15) is 7.05 Å². The van der Waals surface area contributed by atoms with Crippen molar-refractivity contribution in [3.05, 3.63) is 83.8 Å². The maximum atomic E-state index is 4.72. The Morgan fingerprint density at radius 1 is 0.889 bits per heavy atom. The lowest BCUT2D eigenvalue weighted by molar-refractivity contribution is -0.659. The van der Waals surface area contributed by atoms with Crippen LogP contribution in [0.1, 0.15) is 30.7 Å². The van der Waals surface area contributed by atoms with Crippen molar-refractivity contribution in [2.45, 2.75) is 26.2 Å². The van der Waals surface area contributed by atoms with Gasteiger partial charge in [0, 0.05) is 23.2 Å². The first-order chi connectivity index (χ1) is 13.0. The molecule has 132 valence electrons. The lowest BCUT2D eigenvalue weighted by Crippen LogP contribution is -2.31. The van der Waals surface area contributed by atoms with Crippen LogP contribution < -0.4 is 4.57 Å². The molecule has 0 unspecified atom stereocenters. The largest absolute Gasteiger partial charge is 0.260 e. The van der Waals surface area contributed by atoms with E-state index >= 15 is 0 Å². The van der Waals surface area contributed by atoms with E-state index in [4.69, 9.17) is 4.98 Å². The van der Waals surface area contributed by atoms with Crippen molar-refractivity contribution >= 4 is 10.8 Å². The molecule has 0 fully saturated rings. The zero-order valence-electron chi connectivity index (χ0n) is 16.2. The Kier molecular flexibility index (Phi) is 3.30. The highest BCUT2D eigenvalue weighted by molar-refractivity contribution is 5.95. The van der Waals surface area contributed by atoms with Gasteiger partial charge in [0.15, 0.2) is 6.20 Å². The third-order valence-corrected chi connectivity index (χ3v) is 6.03. The molecular weight excluding hydrogens is 328 g/mol. The molecule has 2 heteroatoms. The molecule has 0 saturated carbocycles. The molecule has 0 saturated heterocycles. The Balaban J connectivity index is 1.84. The van der Waals surface area contributed by atoms with E-state index in [0.29, 0.717) is 0 Å². The van der Waals surface area contributed by atoms with Crippen molar-refractivity contribution in [1.82, 2.24) is 4.98 Å². The average Bonchev–Trinajstić information content (AvgIpc) is 2.89. The number of fused-ring (bicyclic) bond motifs is 4. The number of hydrogen-bond donors (Lipinski definition) is 0. The van der Waals surface area contributed by atoms with Crippen LogP contribution in [-0.4, -0.2) is 4.98 Å². The van der Waals surface area contributed by atoms with Gasteiger partial charge < -0.3 is 0 Å². The fourth-order valence-electron chi connectivity index (χ4n) is 4.60. The third kappa shape index (κ3) is 2.19. The highest BCUT2D eigenvalue weighted by Gasteiger charge is 2.37. The molecule has 27 heavy (non-hydrogen) atoms. The molecule has 0 spiro atoms. The zero-order chi connectivity index (χ0) is 18.8. The summed E-state index contributed by atoms with van der Waals surface area (Å²) in [6.07, 6.45) is 4.07. The van der Waals surface area contributed by atoms with Crippen LogP contribution in [0.15, 0.2) is 67.0 Å². The second-order valence-corrected chi connectivity index (χ2v) is 8.10. The number of hydrogen-bond acceptors (Lipinski definition) is 1. The third-order valence-electron chi connectivity index (χ3n) is 6.03. The molecule has 0 atom stereocenters.